The van der Waals surface area contributed by atoms with Crippen LogP contribution < -0.4 is 10.9 Å². The van der Waals surface area contributed by atoms with Crippen LogP contribution in [0.3, 0.4) is 0 Å². The van der Waals surface area contributed by atoms with Gasteiger partial charge in [-0.3, -0.25) is 9.59 Å². The van der Waals surface area contributed by atoms with E-state index in [1.807, 2.05) is 0 Å². The smallest absolute Gasteiger partial charge is 0.274 e. The van der Waals surface area contributed by atoms with E-state index in [4.69, 9.17) is 23.2 Å². The largest absolute Gasteiger partial charge is 0.322 e. The molecule has 0 saturated heterocycles. The Labute approximate surface area is 125 Å². The molecule has 6 heteroatoms. The lowest BCUT2D eigenvalue weighted by molar-refractivity contribution is -0.114. The van der Waals surface area contributed by atoms with Crippen molar-refractivity contribution in [3.63, 3.8) is 0 Å². The average Bonchev–Trinajstić information content (AvgIpc) is 2.38. The second-order valence-electron chi connectivity index (χ2n) is 4.28. The Balaban J connectivity index is 2.31. The Morgan fingerprint density at radius 3 is 2.65 bits per heavy atom. The van der Waals surface area contributed by atoms with Crippen molar-refractivity contribution in [2.24, 2.45) is 0 Å². The van der Waals surface area contributed by atoms with E-state index in [-0.39, 0.29) is 17.2 Å². The van der Waals surface area contributed by atoms with Gasteiger partial charge >= 0.3 is 0 Å². The number of hydrogen-bond donors (Lipinski definition) is 1. The molecular weight excluding hydrogens is 299 g/mol. The molecule has 2 aromatic rings. The maximum Gasteiger partial charge on any atom is 0.274 e. The van der Waals surface area contributed by atoms with E-state index in [0.717, 1.165) is 5.56 Å². The number of benzene rings is 1. The summed E-state index contributed by atoms with van der Waals surface area (Å²) in [6.07, 6.45) is 1.65. The first kappa shape index (κ1) is 14.6. The molecule has 1 heterocycles. The van der Waals surface area contributed by atoms with E-state index in [2.05, 4.69) is 5.32 Å². The molecular formula is C14H12Cl2N2O2. The van der Waals surface area contributed by atoms with Crippen LogP contribution >= 0.6 is 23.2 Å². The zero-order valence-corrected chi connectivity index (χ0v) is 12.2. The molecule has 1 N–H and O–H groups in total. The van der Waals surface area contributed by atoms with E-state index in [1.54, 1.807) is 36.5 Å². The van der Waals surface area contributed by atoms with E-state index in [1.165, 1.54) is 11.5 Å². The van der Waals surface area contributed by atoms with Gasteiger partial charge in [-0.25, -0.2) is 0 Å². The predicted octanol–water partition coefficient (Wildman–Crippen LogP) is 3.16. The molecule has 4 nitrogen and oxygen atoms in total. The zero-order valence-electron chi connectivity index (χ0n) is 10.7. The summed E-state index contributed by atoms with van der Waals surface area (Å²) in [7, 11) is 0. The van der Waals surface area contributed by atoms with Crippen LogP contribution in [0, 0.1) is 0 Å². The predicted molar refractivity (Wildman–Crippen MR) is 80.6 cm³/mol. The summed E-state index contributed by atoms with van der Waals surface area (Å²) in [5, 5.41) is 3.41. The van der Waals surface area contributed by atoms with Crippen molar-refractivity contribution >= 4 is 34.8 Å². The molecule has 0 bridgehead atoms. The Bertz CT molecular complexity index is 711. The first-order valence-corrected chi connectivity index (χ1v) is 6.64. The fourth-order valence-electron chi connectivity index (χ4n) is 1.78. The standard InChI is InChI=1S/C14H12Cl2N2O2/c1-9(19)17-13-3-2-6-18(14(13)20)8-10-4-5-11(15)12(16)7-10/h2-7H,8H2,1H3,(H,17,19). The number of carbonyl (C=O) groups excluding carboxylic acids is 1. The van der Waals surface area contributed by atoms with Crippen molar-refractivity contribution in [2.75, 3.05) is 5.32 Å². The Morgan fingerprint density at radius 1 is 1.25 bits per heavy atom. The van der Waals surface area contributed by atoms with Crippen molar-refractivity contribution < 1.29 is 4.79 Å². The lowest BCUT2D eigenvalue weighted by Crippen LogP contribution is -2.24. The maximum absolute atomic E-state index is 12.1. The van der Waals surface area contributed by atoms with Crippen molar-refractivity contribution in [1.82, 2.24) is 4.57 Å². The molecule has 0 unspecified atom stereocenters. The monoisotopic (exact) mass is 310 g/mol. The summed E-state index contributed by atoms with van der Waals surface area (Å²) >= 11 is 11.8. The van der Waals surface area contributed by atoms with E-state index >= 15 is 0 Å². The zero-order chi connectivity index (χ0) is 14.7. The molecule has 0 aliphatic heterocycles. The van der Waals surface area contributed by atoms with Gasteiger partial charge < -0.3 is 9.88 Å². The van der Waals surface area contributed by atoms with Crippen LogP contribution in [0.5, 0.6) is 0 Å². The summed E-state index contributed by atoms with van der Waals surface area (Å²) in [6, 6.07) is 8.45. The minimum absolute atomic E-state index is 0.250. The van der Waals surface area contributed by atoms with Gasteiger partial charge in [0, 0.05) is 13.1 Å². The highest BCUT2D eigenvalue weighted by atomic mass is 35.5. The van der Waals surface area contributed by atoms with E-state index in [9.17, 15) is 9.59 Å². The Kier molecular flexibility index (Phi) is 4.47. The molecule has 0 atom stereocenters. The van der Waals surface area contributed by atoms with Crippen LogP contribution in [0.25, 0.3) is 0 Å². The quantitative estimate of drug-likeness (QED) is 0.946. The number of pyridine rings is 1. The molecule has 20 heavy (non-hydrogen) atoms. The minimum atomic E-state index is -0.283. The fourth-order valence-corrected chi connectivity index (χ4v) is 2.10. The summed E-state index contributed by atoms with van der Waals surface area (Å²) in [5.41, 5.74) is 0.829. The van der Waals surface area contributed by atoms with E-state index < -0.39 is 0 Å². The number of nitrogens with one attached hydrogen (secondary N) is 1. The summed E-state index contributed by atoms with van der Waals surface area (Å²) < 4.78 is 1.49. The Hall–Kier alpha value is -1.78. The third-order valence-corrected chi connectivity index (χ3v) is 3.41. The molecule has 1 aromatic carbocycles. The van der Waals surface area contributed by atoms with Crippen molar-refractivity contribution in [3.05, 3.63) is 62.5 Å². The number of rotatable bonds is 3. The highest BCUT2D eigenvalue weighted by Crippen LogP contribution is 2.22. The molecule has 1 aromatic heterocycles. The van der Waals surface area contributed by atoms with Crippen LogP contribution in [-0.4, -0.2) is 10.5 Å². The van der Waals surface area contributed by atoms with Gasteiger partial charge in [0.15, 0.2) is 0 Å². The second-order valence-corrected chi connectivity index (χ2v) is 5.10. The number of nitrogens with zero attached hydrogens (tertiary/aromatic N) is 1. The summed E-state index contributed by atoms with van der Waals surface area (Å²) in [6.45, 7) is 1.71. The molecule has 0 aliphatic rings. The molecule has 0 aliphatic carbocycles. The van der Waals surface area contributed by atoms with Crippen molar-refractivity contribution in [3.8, 4) is 0 Å². The lowest BCUT2D eigenvalue weighted by atomic mass is 10.2. The molecule has 1 amide bonds. The number of carbonyl (C=O) groups is 1. The van der Waals surface area contributed by atoms with Gasteiger partial charge in [0.05, 0.1) is 16.6 Å². The van der Waals surface area contributed by atoms with Crippen molar-refractivity contribution in [1.29, 1.82) is 0 Å². The van der Waals surface area contributed by atoms with Crippen LogP contribution in [-0.2, 0) is 11.3 Å². The third-order valence-electron chi connectivity index (χ3n) is 2.67. The van der Waals surface area contributed by atoms with Gasteiger partial charge in [-0.2, -0.15) is 0 Å². The molecule has 104 valence electrons. The van der Waals surface area contributed by atoms with Gasteiger partial charge in [0.2, 0.25) is 5.91 Å². The maximum atomic E-state index is 12.1. The van der Waals surface area contributed by atoms with Crippen molar-refractivity contribution in [2.45, 2.75) is 13.5 Å². The summed E-state index contributed by atoms with van der Waals surface area (Å²) in [4.78, 5) is 23.2. The van der Waals surface area contributed by atoms with Crippen LogP contribution in [0.4, 0.5) is 5.69 Å². The Morgan fingerprint density at radius 2 is 2.00 bits per heavy atom. The summed E-state index contributed by atoms with van der Waals surface area (Å²) in [5.74, 6) is -0.283. The van der Waals surface area contributed by atoms with Crippen LogP contribution in [0.1, 0.15) is 12.5 Å². The van der Waals surface area contributed by atoms with Crippen LogP contribution in [0.2, 0.25) is 10.0 Å². The van der Waals surface area contributed by atoms with E-state index in [0.29, 0.717) is 16.6 Å². The molecule has 2 rings (SSSR count). The third kappa shape index (κ3) is 3.40. The molecule has 0 fully saturated rings. The molecule has 0 saturated carbocycles. The highest BCUT2D eigenvalue weighted by Gasteiger charge is 2.06. The van der Waals surface area contributed by atoms with Crippen LogP contribution in [0.15, 0.2) is 41.3 Å². The van der Waals surface area contributed by atoms with Gasteiger partial charge in [-0.1, -0.05) is 29.3 Å². The lowest BCUT2D eigenvalue weighted by Gasteiger charge is -2.09. The van der Waals surface area contributed by atoms with Gasteiger partial charge in [0.25, 0.3) is 5.56 Å². The number of hydrogen-bond acceptors (Lipinski definition) is 2. The first-order chi connectivity index (χ1) is 9.47. The molecule has 0 radical (unpaired) electrons. The average molecular weight is 311 g/mol. The van der Waals surface area contributed by atoms with Gasteiger partial charge in [-0.15, -0.1) is 0 Å². The number of amides is 1. The number of aromatic nitrogens is 1. The first-order valence-electron chi connectivity index (χ1n) is 5.88. The minimum Gasteiger partial charge on any atom is -0.322 e. The SMILES string of the molecule is CC(=O)Nc1cccn(Cc2ccc(Cl)c(Cl)c2)c1=O. The normalized spacial score (nSPS) is 10.3. The number of anilines is 1. The fraction of sp³-hybridized carbons (Fsp3) is 0.143. The van der Waals surface area contributed by atoms with Gasteiger partial charge in [-0.05, 0) is 29.8 Å². The highest BCUT2D eigenvalue weighted by molar-refractivity contribution is 6.42. The topological polar surface area (TPSA) is 51.1 Å². The molecule has 0 spiro atoms. The van der Waals surface area contributed by atoms with Gasteiger partial charge in [0.1, 0.15) is 5.69 Å². The second kappa shape index (κ2) is 6.11. The number of halogens is 2.